The fourth-order valence-corrected chi connectivity index (χ4v) is 1.78. The molecule has 1 aliphatic carbocycles. The van der Waals surface area contributed by atoms with Crippen LogP contribution in [0.3, 0.4) is 0 Å². The van der Waals surface area contributed by atoms with Crippen LogP contribution in [0.5, 0.6) is 0 Å². The zero-order valence-electron chi connectivity index (χ0n) is 6.51. The van der Waals surface area contributed by atoms with Crippen LogP contribution >= 0.6 is 0 Å². The highest BCUT2D eigenvalue weighted by Gasteiger charge is 2.48. The van der Waals surface area contributed by atoms with Gasteiger partial charge in [-0.3, -0.25) is 10.7 Å². The van der Waals surface area contributed by atoms with Crippen LogP contribution in [-0.2, 0) is 0 Å². The van der Waals surface area contributed by atoms with Gasteiger partial charge in [0.1, 0.15) is 0 Å². The van der Waals surface area contributed by atoms with E-state index in [9.17, 15) is 0 Å². The Labute approximate surface area is 61.7 Å². The molecule has 0 aromatic heterocycles. The maximum absolute atomic E-state index is 5.72. The zero-order chi connectivity index (χ0) is 7.19. The van der Waals surface area contributed by atoms with Crippen LogP contribution in [0, 0.1) is 0 Å². The number of hydrogen-bond donors (Lipinski definition) is 1. The predicted molar refractivity (Wildman–Crippen MR) is 40.4 cm³/mol. The summed E-state index contributed by atoms with van der Waals surface area (Å²) in [7, 11) is 2.21. The lowest BCUT2D eigenvalue weighted by molar-refractivity contribution is 0.0810. The Morgan fingerprint density at radius 1 is 1.30 bits per heavy atom. The van der Waals surface area contributed by atoms with Gasteiger partial charge in [-0.2, -0.15) is 0 Å². The van der Waals surface area contributed by atoms with Gasteiger partial charge in [0, 0.05) is 25.2 Å². The largest absolute Gasteiger partial charge is 0.298 e. The SMILES string of the molecule is CN1CCN(N)CC12CC2. The molecule has 1 saturated heterocycles. The highest BCUT2D eigenvalue weighted by Crippen LogP contribution is 2.42. The molecular formula is C7H15N3. The van der Waals surface area contributed by atoms with E-state index in [1.54, 1.807) is 0 Å². The van der Waals surface area contributed by atoms with Gasteiger partial charge in [0.2, 0.25) is 0 Å². The van der Waals surface area contributed by atoms with Crippen molar-refractivity contribution in [3.63, 3.8) is 0 Å². The Morgan fingerprint density at radius 3 is 2.50 bits per heavy atom. The molecule has 2 fully saturated rings. The molecule has 0 atom stereocenters. The molecule has 10 heavy (non-hydrogen) atoms. The quantitative estimate of drug-likeness (QED) is 0.468. The first kappa shape index (κ1) is 6.58. The summed E-state index contributed by atoms with van der Waals surface area (Å²) in [6.07, 6.45) is 2.69. The lowest BCUT2D eigenvalue weighted by atomic mass is 10.2. The van der Waals surface area contributed by atoms with E-state index in [1.807, 2.05) is 5.01 Å². The molecule has 0 amide bonds. The Bertz CT molecular complexity index is 142. The van der Waals surface area contributed by atoms with Gasteiger partial charge in [0.25, 0.3) is 0 Å². The minimum absolute atomic E-state index is 0.493. The molecule has 0 aromatic carbocycles. The molecule has 1 saturated carbocycles. The second-order valence-electron chi connectivity index (χ2n) is 3.62. The topological polar surface area (TPSA) is 32.5 Å². The highest BCUT2D eigenvalue weighted by atomic mass is 15.5. The average molecular weight is 141 g/mol. The number of nitrogens with zero attached hydrogens (tertiary/aromatic N) is 2. The van der Waals surface area contributed by atoms with Gasteiger partial charge < -0.3 is 0 Å². The number of hydrazine groups is 1. The van der Waals surface area contributed by atoms with E-state index in [4.69, 9.17) is 5.84 Å². The monoisotopic (exact) mass is 141 g/mol. The lowest BCUT2D eigenvalue weighted by Crippen LogP contribution is -2.55. The first-order chi connectivity index (χ1) is 4.73. The van der Waals surface area contributed by atoms with Gasteiger partial charge in [-0.25, -0.2) is 5.01 Å². The molecular weight excluding hydrogens is 126 g/mol. The highest BCUT2D eigenvalue weighted by molar-refractivity contribution is 5.06. The molecule has 1 heterocycles. The van der Waals surface area contributed by atoms with Crippen molar-refractivity contribution in [1.82, 2.24) is 9.91 Å². The Hall–Kier alpha value is -0.120. The van der Waals surface area contributed by atoms with Crippen LogP contribution in [0.15, 0.2) is 0 Å². The summed E-state index contributed by atoms with van der Waals surface area (Å²) in [5, 5.41) is 1.95. The van der Waals surface area contributed by atoms with Crippen molar-refractivity contribution in [3.8, 4) is 0 Å². The summed E-state index contributed by atoms with van der Waals surface area (Å²) < 4.78 is 0. The van der Waals surface area contributed by atoms with E-state index in [1.165, 1.54) is 12.8 Å². The molecule has 2 rings (SSSR count). The number of hydrogen-bond acceptors (Lipinski definition) is 3. The van der Waals surface area contributed by atoms with Crippen molar-refractivity contribution in [2.75, 3.05) is 26.7 Å². The zero-order valence-corrected chi connectivity index (χ0v) is 6.51. The normalized spacial score (nSPS) is 33.0. The molecule has 1 aliphatic heterocycles. The first-order valence-corrected chi connectivity index (χ1v) is 3.94. The fraction of sp³-hybridized carbons (Fsp3) is 1.00. The van der Waals surface area contributed by atoms with E-state index < -0.39 is 0 Å². The lowest BCUT2D eigenvalue weighted by Gasteiger charge is -2.37. The second-order valence-corrected chi connectivity index (χ2v) is 3.62. The van der Waals surface area contributed by atoms with Crippen molar-refractivity contribution in [3.05, 3.63) is 0 Å². The standard InChI is InChI=1S/C7H15N3/c1-9-4-5-10(8)6-7(9)2-3-7/h2-6,8H2,1H3. The summed E-state index contributed by atoms with van der Waals surface area (Å²) >= 11 is 0. The summed E-state index contributed by atoms with van der Waals surface area (Å²) in [6.45, 7) is 3.23. The minimum atomic E-state index is 0.493. The van der Waals surface area contributed by atoms with Crippen LogP contribution in [0.2, 0.25) is 0 Å². The van der Waals surface area contributed by atoms with Crippen LogP contribution in [0.1, 0.15) is 12.8 Å². The van der Waals surface area contributed by atoms with E-state index in [0.717, 1.165) is 19.6 Å². The predicted octanol–water partition coefficient (Wildman–Crippen LogP) is -0.360. The molecule has 1 spiro atoms. The third kappa shape index (κ3) is 0.856. The van der Waals surface area contributed by atoms with E-state index in [2.05, 4.69) is 11.9 Å². The molecule has 0 aromatic rings. The number of likely N-dealkylation sites (N-methyl/N-ethyl adjacent to an activating group) is 1. The van der Waals surface area contributed by atoms with Crippen molar-refractivity contribution in [1.29, 1.82) is 0 Å². The maximum atomic E-state index is 5.72. The number of piperazine rings is 1. The molecule has 0 unspecified atom stereocenters. The van der Waals surface area contributed by atoms with Gasteiger partial charge in [-0.15, -0.1) is 0 Å². The summed E-state index contributed by atoms with van der Waals surface area (Å²) in [6, 6.07) is 0. The van der Waals surface area contributed by atoms with E-state index >= 15 is 0 Å². The number of rotatable bonds is 0. The van der Waals surface area contributed by atoms with Crippen LogP contribution in [-0.4, -0.2) is 42.1 Å². The minimum Gasteiger partial charge on any atom is -0.298 e. The smallest absolute Gasteiger partial charge is 0.0349 e. The summed E-state index contributed by atoms with van der Waals surface area (Å²) in [4.78, 5) is 2.45. The first-order valence-electron chi connectivity index (χ1n) is 3.94. The average Bonchev–Trinajstić information content (AvgIpc) is 2.62. The van der Waals surface area contributed by atoms with Gasteiger partial charge in [-0.05, 0) is 19.9 Å². The van der Waals surface area contributed by atoms with Crippen molar-refractivity contribution < 1.29 is 0 Å². The van der Waals surface area contributed by atoms with Gasteiger partial charge in [0.15, 0.2) is 0 Å². The summed E-state index contributed by atoms with van der Waals surface area (Å²) in [5.74, 6) is 5.72. The van der Waals surface area contributed by atoms with Crippen LogP contribution in [0.25, 0.3) is 0 Å². The molecule has 2 aliphatic rings. The van der Waals surface area contributed by atoms with Crippen molar-refractivity contribution in [2.24, 2.45) is 5.84 Å². The van der Waals surface area contributed by atoms with Gasteiger partial charge >= 0.3 is 0 Å². The molecule has 3 heteroatoms. The van der Waals surface area contributed by atoms with Crippen molar-refractivity contribution in [2.45, 2.75) is 18.4 Å². The third-order valence-electron chi connectivity index (χ3n) is 2.86. The van der Waals surface area contributed by atoms with Crippen LogP contribution < -0.4 is 5.84 Å². The molecule has 58 valence electrons. The molecule has 0 radical (unpaired) electrons. The molecule has 0 bridgehead atoms. The van der Waals surface area contributed by atoms with Gasteiger partial charge in [-0.1, -0.05) is 0 Å². The molecule has 2 N–H and O–H groups in total. The number of nitrogens with two attached hydrogens (primary N) is 1. The Balaban J connectivity index is 2.03. The van der Waals surface area contributed by atoms with E-state index in [-0.39, 0.29) is 0 Å². The molecule has 3 nitrogen and oxygen atoms in total. The maximum Gasteiger partial charge on any atom is 0.0349 e. The van der Waals surface area contributed by atoms with Crippen LogP contribution in [0.4, 0.5) is 0 Å². The van der Waals surface area contributed by atoms with Crippen molar-refractivity contribution >= 4 is 0 Å². The van der Waals surface area contributed by atoms with E-state index in [0.29, 0.717) is 5.54 Å². The second kappa shape index (κ2) is 1.94. The fourth-order valence-electron chi connectivity index (χ4n) is 1.78. The Morgan fingerprint density at radius 2 is 2.00 bits per heavy atom. The third-order valence-corrected chi connectivity index (χ3v) is 2.86. The Kier molecular flexibility index (Phi) is 1.27. The summed E-state index contributed by atoms with van der Waals surface area (Å²) in [5.41, 5.74) is 0.493. The van der Waals surface area contributed by atoms with Gasteiger partial charge in [0.05, 0.1) is 0 Å².